The highest BCUT2D eigenvalue weighted by Crippen LogP contribution is 2.33. The zero-order chi connectivity index (χ0) is 31.4. The van der Waals surface area contributed by atoms with Crippen LogP contribution in [0.2, 0.25) is 0 Å². The number of carbonyl (C=O) groups excluding carboxylic acids is 1. The molecule has 4 N–H and O–H groups in total. The van der Waals surface area contributed by atoms with Gasteiger partial charge in [-0.2, -0.15) is 0 Å². The first-order valence-corrected chi connectivity index (χ1v) is 14.9. The highest BCUT2D eigenvalue weighted by Gasteiger charge is 2.20. The van der Waals surface area contributed by atoms with Gasteiger partial charge in [0, 0.05) is 28.9 Å². The van der Waals surface area contributed by atoms with Gasteiger partial charge >= 0.3 is 0 Å². The predicted octanol–water partition coefficient (Wildman–Crippen LogP) is 5.45. The molecule has 43 heavy (non-hydrogen) atoms. The number of ether oxygens (including phenoxy) is 1. The number of hydrogen-bond donors (Lipinski definition) is 3. The number of aliphatic hydroxyl groups is 1. The van der Waals surface area contributed by atoms with Crippen molar-refractivity contribution in [2.75, 3.05) is 0 Å². The lowest BCUT2D eigenvalue weighted by molar-refractivity contribution is -0.119. The number of nitrogens with two attached hydrogens (primary N) is 1. The fraction of sp³-hybridized carbons (Fsp3) is 0.273. The smallest absolute Gasteiger partial charge is 0.228 e. The van der Waals surface area contributed by atoms with Crippen LogP contribution in [0.15, 0.2) is 93.7 Å². The molecule has 2 aromatic carbocycles. The van der Waals surface area contributed by atoms with Crippen LogP contribution < -0.4 is 15.8 Å². The molecule has 1 atom stereocenters. The maximum atomic E-state index is 13.4. The van der Waals surface area contributed by atoms with Gasteiger partial charge in [0.2, 0.25) is 5.91 Å². The van der Waals surface area contributed by atoms with Crippen LogP contribution in [0.5, 0.6) is 11.5 Å². The summed E-state index contributed by atoms with van der Waals surface area (Å²) in [5, 5.41) is 14.2. The third-order valence-corrected chi connectivity index (χ3v) is 7.59. The summed E-state index contributed by atoms with van der Waals surface area (Å²) in [5.74, 6) is 0.947. The molecule has 0 radical (unpaired) electrons. The Hall–Kier alpha value is -4.41. The van der Waals surface area contributed by atoms with E-state index in [2.05, 4.69) is 20.3 Å². The van der Waals surface area contributed by atoms with Crippen molar-refractivity contribution < 1.29 is 18.8 Å². The van der Waals surface area contributed by atoms with E-state index in [1.54, 1.807) is 68.7 Å². The van der Waals surface area contributed by atoms with E-state index in [0.717, 1.165) is 11.1 Å². The number of rotatable bonds is 9. The summed E-state index contributed by atoms with van der Waals surface area (Å²) in [7, 11) is -1.59. The second-order valence-corrected chi connectivity index (χ2v) is 13.1. The molecule has 10 heteroatoms. The molecule has 4 rings (SSSR count). The van der Waals surface area contributed by atoms with Crippen molar-refractivity contribution in [3.05, 3.63) is 95.6 Å². The number of benzene rings is 2. The van der Waals surface area contributed by atoms with Crippen LogP contribution in [0.4, 0.5) is 0 Å². The van der Waals surface area contributed by atoms with Crippen molar-refractivity contribution in [2.24, 2.45) is 10.7 Å². The molecule has 0 aliphatic rings. The molecular weight excluding hydrogens is 562 g/mol. The van der Waals surface area contributed by atoms with Crippen LogP contribution in [0.3, 0.4) is 0 Å². The average Bonchev–Trinajstić information content (AvgIpc) is 2.95. The number of allylic oxidation sites excluding steroid dienone is 1. The van der Waals surface area contributed by atoms with Gasteiger partial charge in [-0.1, -0.05) is 18.2 Å². The van der Waals surface area contributed by atoms with E-state index in [1.807, 2.05) is 45.9 Å². The van der Waals surface area contributed by atoms with Crippen LogP contribution in [0, 0.1) is 6.92 Å². The van der Waals surface area contributed by atoms with Gasteiger partial charge in [-0.15, -0.1) is 0 Å². The summed E-state index contributed by atoms with van der Waals surface area (Å²) in [4.78, 5) is 26.4. The van der Waals surface area contributed by atoms with Crippen molar-refractivity contribution in [2.45, 2.75) is 69.0 Å². The summed E-state index contributed by atoms with van der Waals surface area (Å²) in [6, 6.07) is 17.7. The minimum Gasteiger partial charge on any atom is -0.456 e. The van der Waals surface area contributed by atoms with E-state index in [9.17, 15) is 14.1 Å². The lowest BCUT2D eigenvalue weighted by Gasteiger charge is -2.17. The van der Waals surface area contributed by atoms with Crippen LogP contribution in [0.25, 0.3) is 10.9 Å². The fourth-order valence-corrected chi connectivity index (χ4v) is 5.15. The van der Waals surface area contributed by atoms with E-state index in [-0.39, 0.29) is 17.9 Å². The lowest BCUT2D eigenvalue weighted by atomic mass is 10.1. The summed E-state index contributed by atoms with van der Waals surface area (Å²) in [6.07, 6.45) is 4.68. The number of amides is 1. The maximum absolute atomic E-state index is 13.4. The fourth-order valence-electron chi connectivity index (χ4n) is 4.11. The second kappa shape index (κ2) is 12.8. The molecule has 0 aliphatic carbocycles. The number of fused-ring (bicyclic) bond motifs is 1. The van der Waals surface area contributed by atoms with Gasteiger partial charge < -0.3 is 20.9 Å². The summed E-state index contributed by atoms with van der Waals surface area (Å²) in [6.45, 7) is 11.0. The first-order valence-electron chi connectivity index (χ1n) is 13.8. The van der Waals surface area contributed by atoms with E-state index in [4.69, 9.17) is 10.5 Å². The molecule has 0 saturated heterocycles. The Morgan fingerprint density at radius 1 is 1.07 bits per heavy atom. The number of aryl methyl sites for hydroxylation is 1. The van der Waals surface area contributed by atoms with Gasteiger partial charge in [-0.05, 0) is 95.1 Å². The predicted molar refractivity (Wildman–Crippen MR) is 170 cm³/mol. The zero-order valence-corrected chi connectivity index (χ0v) is 26.0. The van der Waals surface area contributed by atoms with Crippen molar-refractivity contribution in [1.29, 1.82) is 0 Å². The Bertz CT molecular complexity index is 1740. The second-order valence-electron chi connectivity index (χ2n) is 11.7. The number of nitrogens with one attached hydrogen (secondary N) is 1. The first-order chi connectivity index (χ1) is 20.2. The Labute approximate surface area is 254 Å². The van der Waals surface area contributed by atoms with E-state index < -0.39 is 16.4 Å². The number of aliphatic imine (C=N–C) groups is 1. The van der Waals surface area contributed by atoms with Crippen molar-refractivity contribution in [3.63, 3.8) is 0 Å². The van der Waals surface area contributed by atoms with Crippen molar-refractivity contribution in [1.82, 2.24) is 15.3 Å². The Morgan fingerprint density at radius 2 is 1.84 bits per heavy atom. The molecule has 1 unspecified atom stereocenters. The molecule has 0 spiro atoms. The largest absolute Gasteiger partial charge is 0.456 e. The number of aromatic nitrogens is 2. The molecule has 4 aromatic rings. The highest BCUT2D eigenvalue weighted by molar-refractivity contribution is 7.85. The third kappa shape index (κ3) is 8.33. The standard InChI is InChI=1S/C33H37N5O4S/c1-21-16-22(17-30(39)37-23(19-34)20-36-32(2,3)4)10-13-27(21)42-28-14-15-35-26-12-11-24(18-25(26)28)43(41)31-9-7-8-29(38-31)33(5,6)40/h7-16,18-20,40H,17,34H2,1-6H3,(H,37,39)/b23-19+,36-20?. The zero-order valence-electron chi connectivity index (χ0n) is 25.2. The SMILES string of the molecule is Cc1cc(CC(=O)N/C(C=NC(C)(C)C)=C/N)ccc1Oc1ccnc2ccc(S(=O)c3cccc(C(C)(C)O)n3)cc12. The number of pyridine rings is 2. The quantitative estimate of drug-likeness (QED) is 0.217. The van der Waals surface area contributed by atoms with Gasteiger partial charge in [-0.25, -0.2) is 9.19 Å². The topological polar surface area (TPSA) is 140 Å². The Morgan fingerprint density at radius 3 is 2.51 bits per heavy atom. The van der Waals surface area contributed by atoms with E-state index in [0.29, 0.717) is 43.7 Å². The van der Waals surface area contributed by atoms with Gasteiger partial charge in [0.15, 0.2) is 0 Å². The Kier molecular flexibility index (Phi) is 9.42. The van der Waals surface area contributed by atoms with E-state index >= 15 is 0 Å². The molecular formula is C33H37N5O4S. The van der Waals surface area contributed by atoms with Crippen LogP contribution >= 0.6 is 0 Å². The van der Waals surface area contributed by atoms with Crippen LogP contribution in [-0.2, 0) is 27.6 Å². The monoisotopic (exact) mass is 599 g/mol. The molecule has 224 valence electrons. The molecule has 0 fully saturated rings. The van der Waals surface area contributed by atoms with Gasteiger partial charge in [-0.3, -0.25) is 14.8 Å². The normalized spacial score (nSPS) is 13.3. The first kappa shape index (κ1) is 31.5. The minimum absolute atomic E-state index is 0.151. The number of hydrogen-bond acceptors (Lipinski definition) is 8. The summed E-state index contributed by atoms with van der Waals surface area (Å²) < 4.78 is 19.7. The van der Waals surface area contributed by atoms with Crippen LogP contribution in [-0.4, -0.2) is 36.9 Å². The number of carbonyl (C=O) groups is 1. The van der Waals surface area contributed by atoms with Gasteiger partial charge in [0.1, 0.15) is 32.9 Å². The lowest BCUT2D eigenvalue weighted by Crippen LogP contribution is -2.26. The molecule has 0 saturated carbocycles. The number of nitrogens with zero attached hydrogens (tertiary/aromatic N) is 3. The highest BCUT2D eigenvalue weighted by atomic mass is 32.2. The van der Waals surface area contributed by atoms with Gasteiger partial charge in [0.25, 0.3) is 0 Å². The Balaban J connectivity index is 1.53. The van der Waals surface area contributed by atoms with Crippen LogP contribution in [0.1, 0.15) is 51.4 Å². The molecule has 0 bridgehead atoms. The molecule has 9 nitrogen and oxygen atoms in total. The third-order valence-electron chi connectivity index (χ3n) is 6.31. The molecule has 0 aliphatic heterocycles. The van der Waals surface area contributed by atoms with Crippen molar-refractivity contribution in [3.8, 4) is 11.5 Å². The summed E-state index contributed by atoms with van der Waals surface area (Å²) in [5.41, 5.74) is 7.42. The molecule has 1 amide bonds. The summed E-state index contributed by atoms with van der Waals surface area (Å²) >= 11 is 0. The maximum Gasteiger partial charge on any atom is 0.228 e. The minimum atomic E-state index is -1.59. The average molecular weight is 600 g/mol. The molecule has 2 aromatic heterocycles. The van der Waals surface area contributed by atoms with E-state index in [1.165, 1.54) is 6.20 Å². The molecule has 2 heterocycles. The van der Waals surface area contributed by atoms with Crippen molar-refractivity contribution >= 4 is 33.8 Å². The van der Waals surface area contributed by atoms with Gasteiger partial charge in [0.05, 0.1) is 28.9 Å².